The van der Waals surface area contributed by atoms with Crippen LogP contribution in [0, 0.1) is 11.3 Å². The maximum absolute atomic E-state index is 13.3. The van der Waals surface area contributed by atoms with Crippen molar-refractivity contribution in [3.05, 3.63) is 34.9 Å². The van der Waals surface area contributed by atoms with Crippen LogP contribution in [0.5, 0.6) is 0 Å². The molecule has 3 heterocycles. The Morgan fingerprint density at radius 1 is 1.30 bits per heavy atom. The van der Waals surface area contributed by atoms with Crippen molar-refractivity contribution in [2.45, 2.75) is 62.3 Å². The molecule has 3 saturated heterocycles. The second-order valence-corrected chi connectivity index (χ2v) is 9.58. The molecule has 9 heteroatoms. The molecule has 174 valence electrons. The number of likely N-dealkylation sites (tertiary alicyclic amines) is 3. The number of nitrogens with one attached hydrogen (secondary N) is 1. The van der Waals surface area contributed by atoms with Crippen LogP contribution in [0.15, 0.2) is 18.2 Å². The number of nitrogens with zero attached hydrogens (tertiary/aromatic N) is 4. The highest BCUT2D eigenvalue weighted by Gasteiger charge is 2.53. The molecule has 9 nitrogen and oxygen atoms in total. The molecular formula is C24H30N6O3. The van der Waals surface area contributed by atoms with E-state index in [1.807, 2.05) is 28.0 Å². The number of nitriles is 1. The van der Waals surface area contributed by atoms with Crippen molar-refractivity contribution >= 4 is 17.7 Å². The van der Waals surface area contributed by atoms with Crippen LogP contribution in [0.1, 0.15) is 53.2 Å². The number of piperazine rings is 1. The van der Waals surface area contributed by atoms with E-state index in [4.69, 9.17) is 5.73 Å². The van der Waals surface area contributed by atoms with E-state index in [-0.39, 0.29) is 41.9 Å². The SMILES string of the molecule is CNC(=O)c1ccc2c(c1)CCC2N1C(=O)C2C[C@H]1CN2CC(N)C(=O)N1CCCC1C#N. The number of hydrogen-bond acceptors (Lipinski definition) is 6. The van der Waals surface area contributed by atoms with Gasteiger partial charge in [-0.2, -0.15) is 5.26 Å². The van der Waals surface area contributed by atoms with Crippen LogP contribution < -0.4 is 11.1 Å². The fourth-order valence-electron chi connectivity index (χ4n) is 6.18. The molecule has 5 atom stereocenters. The lowest BCUT2D eigenvalue weighted by Crippen LogP contribution is -2.56. The first-order valence-electron chi connectivity index (χ1n) is 11.8. The summed E-state index contributed by atoms with van der Waals surface area (Å²) in [6.45, 7) is 1.62. The zero-order valence-corrected chi connectivity index (χ0v) is 18.9. The van der Waals surface area contributed by atoms with Gasteiger partial charge in [0.2, 0.25) is 11.8 Å². The van der Waals surface area contributed by atoms with Crippen molar-refractivity contribution in [1.82, 2.24) is 20.0 Å². The first-order valence-corrected chi connectivity index (χ1v) is 11.8. The summed E-state index contributed by atoms with van der Waals surface area (Å²) in [5.41, 5.74) is 9.16. The van der Waals surface area contributed by atoms with Gasteiger partial charge in [-0.1, -0.05) is 6.07 Å². The fourth-order valence-corrected chi connectivity index (χ4v) is 6.18. The molecule has 0 aromatic heterocycles. The van der Waals surface area contributed by atoms with Crippen molar-refractivity contribution in [2.75, 3.05) is 26.7 Å². The molecule has 3 aliphatic heterocycles. The maximum Gasteiger partial charge on any atom is 0.251 e. The minimum absolute atomic E-state index is 0.0414. The van der Waals surface area contributed by atoms with Crippen LogP contribution in [0.4, 0.5) is 0 Å². The fraction of sp³-hybridized carbons (Fsp3) is 0.583. The molecule has 4 aliphatic rings. The molecule has 3 N–H and O–H groups in total. The molecule has 2 bridgehead atoms. The summed E-state index contributed by atoms with van der Waals surface area (Å²) in [6, 6.07) is 6.75. The van der Waals surface area contributed by atoms with Gasteiger partial charge in [0.25, 0.3) is 5.91 Å². The van der Waals surface area contributed by atoms with Crippen molar-refractivity contribution < 1.29 is 14.4 Å². The number of hydrogen-bond donors (Lipinski definition) is 2. The number of carbonyl (C=O) groups is 3. The van der Waals surface area contributed by atoms with Crippen LogP contribution >= 0.6 is 0 Å². The zero-order valence-electron chi connectivity index (χ0n) is 18.9. The molecule has 1 aliphatic carbocycles. The number of benzene rings is 1. The van der Waals surface area contributed by atoms with Gasteiger partial charge in [0.1, 0.15) is 6.04 Å². The minimum Gasteiger partial charge on any atom is -0.355 e. The summed E-state index contributed by atoms with van der Waals surface area (Å²) in [7, 11) is 1.62. The van der Waals surface area contributed by atoms with Gasteiger partial charge < -0.3 is 20.9 Å². The Hall–Kier alpha value is -2.96. The van der Waals surface area contributed by atoms with Gasteiger partial charge in [-0.3, -0.25) is 19.3 Å². The van der Waals surface area contributed by atoms with Crippen LogP contribution in [-0.2, 0) is 16.0 Å². The second-order valence-electron chi connectivity index (χ2n) is 9.58. The third-order valence-corrected chi connectivity index (χ3v) is 7.76. The van der Waals surface area contributed by atoms with Gasteiger partial charge in [-0.25, -0.2) is 0 Å². The average Bonchev–Trinajstić information content (AvgIpc) is 3.60. The predicted octanol–water partition coefficient (Wildman–Crippen LogP) is 0.160. The third kappa shape index (κ3) is 3.58. The van der Waals surface area contributed by atoms with E-state index in [1.165, 1.54) is 0 Å². The Labute approximate surface area is 193 Å². The molecule has 5 rings (SSSR count). The Morgan fingerprint density at radius 2 is 2.12 bits per heavy atom. The van der Waals surface area contributed by atoms with E-state index in [0.29, 0.717) is 31.6 Å². The Bertz CT molecular complexity index is 1040. The zero-order chi connectivity index (χ0) is 23.3. The maximum atomic E-state index is 13.3. The number of fused-ring (bicyclic) bond motifs is 3. The topological polar surface area (TPSA) is 123 Å². The van der Waals surface area contributed by atoms with Gasteiger partial charge in [0.15, 0.2) is 0 Å². The molecule has 1 aromatic carbocycles. The predicted molar refractivity (Wildman–Crippen MR) is 120 cm³/mol. The number of carbonyl (C=O) groups excluding carboxylic acids is 3. The number of nitrogens with two attached hydrogens (primary N) is 1. The summed E-state index contributed by atoms with van der Waals surface area (Å²) in [6.07, 6.45) is 4.00. The molecule has 0 saturated carbocycles. The smallest absolute Gasteiger partial charge is 0.251 e. The quantitative estimate of drug-likeness (QED) is 0.659. The van der Waals surface area contributed by atoms with E-state index >= 15 is 0 Å². The summed E-state index contributed by atoms with van der Waals surface area (Å²) in [5.74, 6) is -0.188. The largest absolute Gasteiger partial charge is 0.355 e. The Balaban J connectivity index is 1.25. The first kappa shape index (κ1) is 21.9. The molecule has 4 unspecified atom stereocenters. The lowest BCUT2D eigenvalue weighted by atomic mass is 10.0. The van der Waals surface area contributed by atoms with Crippen molar-refractivity contribution in [1.29, 1.82) is 5.26 Å². The average molecular weight is 451 g/mol. The van der Waals surface area contributed by atoms with Crippen LogP contribution in [0.3, 0.4) is 0 Å². The van der Waals surface area contributed by atoms with Gasteiger partial charge in [-0.05, 0) is 55.4 Å². The lowest BCUT2D eigenvalue weighted by molar-refractivity contribution is -0.141. The Kier molecular flexibility index (Phi) is 5.59. The summed E-state index contributed by atoms with van der Waals surface area (Å²) in [5, 5.41) is 11.9. The highest BCUT2D eigenvalue weighted by atomic mass is 16.2. The van der Waals surface area contributed by atoms with Crippen molar-refractivity contribution in [3.63, 3.8) is 0 Å². The Morgan fingerprint density at radius 3 is 2.85 bits per heavy atom. The highest BCUT2D eigenvalue weighted by molar-refractivity contribution is 5.94. The summed E-state index contributed by atoms with van der Waals surface area (Å²) >= 11 is 0. The highest BCUT2D eigenvalue weighted by Crippen LogP contribution is 2.44. The van der Waals surface area contributed by atoms with Gasteiger partial charge in [0.05, 0.1) is 24.2 Å². The molecule has 1 aromatic rings. The second kappa shape index (κ2) is 8.43. The van der Waals surface area contributed by atoms with E-state index in [9.17, 15) is 19.6 Å². The molecule has 0 spiro atoms. The van der Waals surface area contributed by atoms with Crippen molar-refractivity contribution in [3.8, 4) is 6.07 Å². The van der Waals surface area contributed by atoms with Crippen molar-refractivity contribution in [2.24, 2.45) is 5.73 Å². The monoisotopic (exact) mass is 450 g/mol. The molecular weight excluding hydrogens is 420 g/mol. The minimum atomic E-state index is -0.727. The standard InChI is InChI=1S/C24H30N6O3/c1-27-22(31)15-4-6-18-14(9-15)5-7-20(18)30-17-10-21(24(30)33)28(12-17)13-19(26)23(32)29-8-2-3-16(29)11-25/h4,6,9,16-17,19-21H,2-3,5,7-8,10,12-13,26H2,1H3,(H,27,31)/t16?,17-,19?,20?,21?/m0/s1. The van der Waals surface area contributed by atoms with E-state index in [2.05, 4.69) is 11.4 Å². The van der Waals surface area contributed by atoms with Crippen LogP contribution in [0.2, 0.25) is 0 Å². The molecule has 33 heavy (non-hydrogen) atoms. The van der Waals surface area contributed by atoms with Gasteiger partial charge in [0, 0.05) is 38.3 Å². The molecule has 3 amide bonds. The number of aryl methyl sites for hydroxylation is 1. The van der Waals surface area contributed by atoms with E-state index in [1.54, 1.807) is 11.9 Å². The first-order chi connectivity index (χ1) is 15.9. The summed E-state index contributed by atoms with van der Waals surface area (Å²) in [4.78, 5) is 43.8. The van der Waals surface area contributed by atoms with Gasteiger partial charge >= 0.3 is 0 Å². The molecule has 0 radical (unpaired) electrons. The van der Waals surface area contributed by atoms with Crippen LogP contribution in [0.25, 0.3) is 0 Å². The number of amides is 3. The number of rotatable bonds is 5. The third-order valence-electron chi connectivity index (χ3n) is 7.76. The lowest BCUT2D eigenvalue weighted by Gasteiger charge is -2.38. The van der Waals surface area contributed by atoms with E-state index in [0.717, 1.165) is 36.8 Å². The molecule has 3 fully saturated rings. The normalized spacial score (nSPS) is 29.3. The van der Waals surface area contributed by atoms with Crippen LogP contribution in [-0.4, -0.2) is 83.3 Å². The summed E-state index contributed by atoms with van der Waals surface area (Å²) < 4.78 is 0. The van der Waals surface area contributed by atoms with E-state index < -0.39 is 6.04 Å². The van der Waals surface area contributed by atoms with Gasteiger partial charge in [-0.15, -0.1) is 0 Å².